The Labute approximate surface area is 91.8 Å². The van der Waals surface area contributed by atoms with Crippen LogP contribution in [0, 0.1) is 5.41 Å². The lowest BCUT2D eigenvalue weighted by molar-refractivity contribution is -0.134. The Morgan fingerprint density at radius 1 is 1.60 bits per heavy atom. The maximum Gasteiger partial charge on any atom is 0.240 e. The van der Waals surface area contributed by atoms with Crippen molar-refractivity contribution in [1.82, 2.24) is 4.90 Å². The zero-order valence-corrected chi connectivity index (χ0v) is 9.86. The minimum absolute atomic E-state index is 0.0591. The fourth-order valence-corrected chi connectivity index (χ4v) is 1.14. The maximum absolute atomic E-state index is 11.9. The second kappa shape index (κ2) is 5.88. The lowest BCUT2D eigenvalue weighted by Gasteiger charge is -2.31. The van der Waals surface area contributed by atoms with Gasteiger partial charge >= 0.3 is 0 Å². The predicted molar refractivity (Wildman–Crippen MR) is 61.3 cm³/mol. The van der Waals surface area contributed by atoms with Crippen LogP contribution in [0.1, 0.15) is 20.8 Å². The Morgan fingerprint density at radius 3 is 2.47 bits per heavy atom. The van der Waals surface area contributed by atoms with Crippen LogP contribution in [0.4, 0.5) is 0 Å². The van der Waals surface area contributed by atoms with Crippen molar-refractivity contribution >= 4 is 5.91 Å². The molecule has 4 nitrogen and oxygen atoms in total. The highest BCUT2D eigenvalue weighted by atomic mass is 16.3. The first-order valence-corrected chi connectivity index (χ1v) is 5.10. The molecule has 0 saturated heterocycles. The van der Waals surface area contributed by atoms with Crippen LogP contribution in [0.25, 0.3) is 0 Å². The Hall–Kier alpha value is -0.870. The summed E-state index contributed by atoms with van der Waals surface area (Å²) in [5, 5.41) is 8.83. The maximum atomic E-state index is 11.9. The van der Waals surface area contributed by atoms with Gasteiger partial charge in [0.05, 0.1) is 12.6 Å². The molecule has 0 rings (SSSR count). The summed E-state index contributed by atoms with van der Waals surface area (Å²) in [5.74, 6) is -0.142. The molecule has 15 heavy (non-hydrogen) atoms. The van der Waals surface area contributed by atoms with E-state index in [-0.39, 0.29) is 17.9 Å². The molecule has 0 aliphatic heterocycles. The fraction of sp³-hybridized carbons (Fsp3) is 0.727. The van der Waals surface area contributed by atoms with Gasteiger partial charge in [0.2, 0.25) is 5.91 Å². The summed E-state index contributed by atoms with van der Waals surface area (Å²) >= 11 is 0. The molecule has 0 aromatic heterocycles. The molecule has 0 saturated carbocycles. The fourth-order valence-electron chi connectivity index (χ4n) is 1.14. The average molecular weight is 214 g/mol. The van der Waals surface area contributed by atoms with E-state index in [0.717, 1.165) is 0 Å². The molecule has 0 heterocycles. The predicted octanol–water partition coefficient (Wildman–Crippen LogP) is 0.367. The summed E-state index contributed by atoms with van der Waals surface area (Å²) in [6.45, 7) is 9.98. The van der Waals surface area contributed by atoms with Gasteiger partial charge in [0.15, 0.2) is 0 Å². The normalized spacial score (nSPS) is 13.4. The van der Waals surface area contributed by atoms with Gasteiger partial charge in [-0.05, 0) is 5.41 Å². The Balaban J connectivity index is 4.55. The molecule has 0 spiro atoms. The third-order valence-corrected chi connectivity index (χ3v) is 2.23. The highest BCUT2D eigenvalue weighted by Gasteiger charge is 2.30. The van der Waals surface area contributed by atoms with Crippen LogP contribution in [0.3, 0.4) is 0 Å². The Bertz CT molecular complexity index is 221. The van der Waals surface area contributed by atoms with Gasteiger partial charge in [0.25, 0.3) is 0 Å². The van der Waals surface area contributed by atoms with Gasteiger partial charge in [-0.2, -0.15) is 0 Å². The van der Waals surface area contributed by atoms with Crippen molar-refractivity contribution < 1.29 is 9.90 Å². The number of carbonyl (C=O) groups is 1. The van der Waals surface area contributed by atoms with E-state index in [2.05, 4.69) is 6.58 Å². The third-order valence-electron chi connectivity index (χ3n) is 2.23. The molecule has 1 amide bonds. The first-order valence-electron chi connectivity index (χ1n) is 5.10. The van der Waals surface area contributed by atoms with Crippen molar-refractivity contribution in [3.63, 3.8) is 0 Å². The standard InChI is InChI=1S/C11H22N2O2/c1-5-6-13(7-8-14)10(15)9(12)11(2,3)4/h5,9,14H,1,6-8,12H2,2-4H3/t9-/m0/s1. The number of amides is 1. The second-order valence-corrected chi connectivity index (χ2v) is 4.64. The summed E-state index contributed by atoms with van der Waals surface area (Å²) in [7, 11) is 0. The van der Waals surface area contributed by atoms with Gasteiger partial charge in [-0.3, -0.25) is 4.79 Å². The molecule has 4 heteroatoms. The lowest BCUT2D eigenvalue weighted by atomic mass is 9.86. The van der Waals surface area contributed by atoms with E-state index < -0.39 is 6.04 Å². The van der Waals surface area contributed by atoms with Gasteiger partial charge in [0.1, 0.15) is 0 Å². The first-order chi connectivity index (χ1) is 6.84. The van der Waals surface area contributed by atoms with E-state index in [1.165, 1.54) is 4.90 Å². The highest BCUT2D eigenvalue weighted by Crippen LogP contribution is 2.18. The monoisotopic (exact) mass is 214 g/mol. The van der Waals surface area contributed by atoms with Crippen molar-refractivity contribution in [3.05, 3.63) is 12.7 Å². The Kier molecular flexibility index (Phi) is 5.54. The van der Waals surface area contributed by atoms with E-state index in [9.17, 15) is 4.79 Å². The van der Waals surface area contributed by atoms with E-state index in [1.54, 1.807) is 6.08 Å². The molecule has 1 atom stereocenters. The summed E-state index contributed by atoms with van der Waals surface area (Å²) in [5.41, 5.74) is 5.58. The molecule has 0 fully saturated rings. The van der Waals surface area contributed by atoms with Crippen LogP contribution < -0.4 is 5.73 Å². The molecule has 0 aromatic carbocycles. The zero-order valence-electron chi connectivity index (χ0n) is 9.86. The number of nitrogens with zero attached hydrogens (tertiary/aromatic N) is 1. The molecule has 0 bridgehead atoms. The number of hydrogen-bond acceptors (Lipinski definition) is 3. The largest absolute Gasteiger partial charge is 0.395 e. The molecule has 0 aromatic rings. The molecular weight excluding hydrogens is 192 g/mol. The van der Waals surface area contributed by atoms with Crippen LogP contribution in [0.15, 0.2) is 12.7 Å². The Morgan fingerprint density at radius 2 is 2.13 bits per heavy atom. The van der Waals surface area contributed by atoms with Crippen LogP contribution in [0.2, 0.25) is 0 Å². The summed E-state index contributed by atoms with van der Waals surface area (Å²) < 4.78 is 0. The topological polar surface area (TPSA) is 66.6 Å². The van der Waals surface area contributed by atoms with Crippen LogP contribution in [-0.2, 0) is 4.79 Å². The molecule has 88 valence electrons. The first kappa shape index (κ1) is 14.1. The zero-order chi connectivity index (χ0) is 12.1. The van der Waals surface area contributed by atoms with Gasteiger partial charge in [-0.15, -0.1) is 6.58 Å². The highest BCUT2D eigenvalue weighted by molar-refractivity contribution is 5.82. The van der Waals surface area contributed by atoms with E-state index in [1.807, 2.05) is 20.8 Å². The van der Waals surface area contributed by atoms with Crippen molar-refractivity contribution in [3.8, 4) is 0 Å². The summed E-state index contributed by atoms with van der Waals surface area (Å²) in [4.78, 5) is 13.4. The van der Waals surface area contributed by atoms with Gasteiger partial charge in [-0.1, -0.05) is 26.8 Å². The minimum atomic E-state index is -0.552. The lowest BCUT2D eigenvalue weighted by Crippen LogP contribution is -2.51. The smallest absolute Gasteiger partial charge is 0.240 e. The number of aliphatic hydroxyl groups excluding tert-OH is 1. The summed E-state index contributed by atoms with van der Waals surface area (Å²) in [6.07, 6.45) is 1.63. The van der Waals surface area contributed by atoms with Gasteiger partial charge in [0, 0.05) is 13.1 Å². The number of hydrogen-bond donors (Lipinski definition) is 2. The molecule has 3 N–H and O–H groups in total. The molecular formula is C11H22N2O2. The van der Waals surface area contributed by atoms with E-state index >= 15 is 0 Å². The van der Waals surface area contributed by atoms with Crippen molar-refractivity contribution in [2.75, 3.05) is 19.7 Å². The number of rotatable bonds is 5. The molecule has 0 aliphatic rings. The molecule has 0 radical (unpaired) electrons. The third kappa shape index (κ3) is 4.44. The van der Waals surface area contributed by atoms with Crippen LogP contribution in [-0.4, -0.2) is 41.7 Å². The van der Waals surface area contributed by atoms with Gasteiger partial charge < -0.3 is 15.7 Å². The number of aliphatic hydroxyl groups is 1. The van der Waals surface area contributed by atoms with E-state index in [0.29, 0.717) is 13.1 Å². The van der Waals surface area contributed by atoms with Crippen LogP contribution >= 0.6 is 0 Å². The number of nitrogens with two attached hydrogens (primary N) is 1. The SMILES string of the molecule is C=CCN(CCO)C(=O)[C@H](N)C(C)(C)C. The summed E-state index contributed by atoms with van der Waals surface area (Å²) in [6, 6.07) is -0.552. The van der Waals surface area contributed by atoms with Crippen LogP contribution in [0.5, 0.6) is 0 Å². The van der Waals surface area contributed by atoms with Crippen molar-refractivity contribution in [2.24, 2.45) is 11.1 Å². The van der Waals surface area contributed by atoms with Gasteiger partial charge in [-0.25, -0.2) is 0 Å². The molecule has 0 unspecified atom stereocenters. The average Bonchev–Trinajstić information content (AvgIpc) is 2.14. The minimum Gasteiger partial charge on any atom is -0.395 e. The van der Waals surface area contributed by atoms with E-state index in [4.69, 9.17) is 10.8 Å². The quantitative estimate of drug-likeness (QED) is 0.650. The second-order valence-electron chi connectivity index (χ2n) is 4.64. The van der Waals surface area contributed by atoms with Crippen molar-refractivity contribution in [1.29, 1.82) is 0 Å². The number of carbonyl (C=O) groups excluding carboxylic acids is 1. The molecule has 0 aliphatic carbocycles. The van der Waals surface area contributed by atoms with Crippen molar-refractivity contribution in [2.45, 2.75) is 26.8 Å².